The van der Waals surface area contributed by atoms with Gasteiger partial charge in [-0.3, -0.25) is 4.57 Å². The van der Waals surface area contributed by atoms with Gasteiger partial charge in [0, 0.05) is 6.42 Å². The van der Waals surface area contributed by atoms with E-state index >= 15 is 0 Å². The van der Waals surface area contributed by atoms with Crippen LogP contribution in [0.3, 0.4) is 0 Å². The van der Waals surface area contributed by atoms with Gasteiger partial charge in [0.05, 0.1) is 17.4 Å². The molecule has 0 aliphatic carbocycles. The van der Waals surface area contributed by atoms with Crippen LogP contribution in [-0.2, 0) is 53.7 Å². The zero-order valence-corrected chi connectivity index (χ0v) is 26.2. The molecule has 0 aliphatic rings. The van der Waals surface area contributed by atoms with Crippen LogP contribution in [0, 0.1) is 0 Å². The Labute approximate surface area is 249 Å². The number of carbonyl (C=O) groups excluding carboxylic acids is 2. The lowest BCUT2D eigenvalue weighted by Crippen LogP contribution is -2.43. The molecule has 0 aromatic heterocycles. The third-order valence-electron chi connectivity index (χ3n) is 5.68. The second kappa shape index (κ2) is 14.6. The number of carbonyl (C=O) groups is 2. The predicted octanol–water partition coefficient (Wildman–Crippen LogP) is 7.59. The molecule has 0 saturated carbocycles. The maximum atomic E-state index is 13.7. The lowest BCUT2D eigenvalue weighted by molar-refractivity contribution is -0.147. The zero-order valence-electron chi connectivity index (χ0n) is 25.3. The number of hydrogen-bond acceptors (Lipinski definition) is 7. The van der Waals surface area contributed by atoms with Crippen molar-refractivity contribution in [1.82, 2.24) is 5.32 Å². The molecule has 0 saturated heterocycles. The first-order chi connectivity index (χ1) is 19.7. The summed E-state index contributed by atoms with van der Waals surface area (Å²) in [6.07, 6.45) is -0.464. The fraction of sp³-hybridized carbons (Fsp3) is 0.394. The largest absolute Gasteiger partial charge is 0.459 e. The van der Waals surface area contributed by atoms with E-state index in [1.54, 1.807) is 0 Å². The zero-order chi connectivity index (χ0) is 30.8. The van der Waals surface area contributed by atoms with Crippen molar-refractivity contribution in [2.45, 2.75) is 84.6 Å². The van der Waals surface area contributed by atoms with Gasteiger partial charge in [0.1, 0.15) is 19.3 Å². The van der Waals surface area contributed by atoms with E-state index < -0.39 is 36.9 Å². The SMILES string of the molecule is CC(C)(C)OP(=O)(Cc1ccc(C[C@H](NC(=O)OCc2ccccc2)C(=O)OCc2ccccc2)cc1)OC(C)(C)C. The summed E-state index contributed by atoms with van der Waals surface area (Å²) >= 11 is 0. The van der Waals surface area contributed by atoms with Gasteiger partial charge < -0.3 is 23.8 Å². The number of ether oxygens (including phenoxy) is 2. The Balaban J connectivity index is 1.71. The van der Waals surface area contributed by atoms with Crippen molar-refractivity contribution in [2.24, 2.45) is 0 Å². The van der Waals surface area contributed by atoms with Crippen molar-refractivity contribution in [3.63, 3.8) is 0 Å². The van der Waals surface area contributed by atoms with Crippen molar-refractivity contribution >= 4 is 19.7 Å². The molecule has 3 rings (SSSR count). The van der Waals surface area contributed by atoms with E-state index in [0.29, 0.717) is 0 Å². The van der Waals surface area contributed by atoms with Gasteiger partial charge in [-0.2, -0.15) is 0 Å². The number of rotatable bonds is 12. The second-order valence-corrected chi connectivity index (χ2v) is 14.0. The van der Waals surface area contributed by atoms with E-state index in [1.165, 1.54) is 0 Å². The number of esters is 1. The van der Waals surface area contributed by atoms with Gasteiger partial charge in [-0.15, -0.1) is 0 Å². The quantitative estimate of drug-likeness (QED) is 0.170. The highest BCUT2D eigenvalue weighted by Crippen LogP contribution is 2.56. The summed E-state index contributed by atoms with van der Waals surface area (Å²) in [5, 5.41) is 2.66. The van der Waals surface area contributed by atoms with E-state index in [-0.39, 0.29) is 25.8 Å². The van der Waals surface area contributed by atoms with E-state index in [1.807, 2.05) is 126 Å². The van der Waals surface area contributed by atoms with Crippen LogP contribution in [0.25, 0.3) is 0 Å². The van der Waals surface area contributed by atoms with Crippen LogP contribution in [0.2, 0.25) is 0 Å². The van der Waals surface area contributed by atoms with Crippen LogP contribution < -0.4 is 5.32 Å². The number of nitrogens with one attached hydrogen (secondary N) is 1. The van der Waals surface area contributed by atoms with Crippen LogP contribution in [0.4, 0.5) is 4.79 Å². The molecule has 1 N–H and O–H groups in total. The Hall–Kier alpha value is -3.45. The monoisotopic (exact) mass is 595 g/mol. The summed E-state index contributed by atoms with van der Waals surface area (Å²) in [6, 6.07) is 24.9. The van der Waals surface area contributed by atoms with Gasteiger partial charge >= 0.3 is 19.7 Å². The fourth-order valence-electron chi connectivity index (χ4n) is 4.09. The summed E-state index contributed by atoms with van der Waals surface area (Å²) in [6.45, 7) is 11.2. The number of amides is 1. The standard InChI is InChI=1S/C33H42NO7P/c1-32(2,3)40-42(37,41-33(4,5)6)24-28-19-17-25(18-20-28)21-29(30(35)38-22-26-13-9-7-10-14-26)34-31(36)39-23-27-15-11-8-12-16-27/h7-20,29H,21-24H2,1-6H3,(H,34,36)/t29-/m0/s1. The minimum atomic E-state index is -3.48. The molecule has 0 radical (unpaired) electrons. The molecule has 0 spiro atoms. The van der Waals surface area contributed by atoms with Crippen molar-refractivity contribution in [2.75, 3.05) is 0 Å². The average molecular weight is 596 g/mol. The Morgan fingerprint density at radius 3 is 1.60 bits per heavy atom. The minimum absolute atomic E-state index is 0.0699. The molecule has 42 heavy (non-hydrogen) atoms. The van der Waals surface area contributed by atoms with Crippen LogP contribution in [0.15, 0.2) is 84.9 Å². The normalized spacial score (nSPS) is 12.8. The van der Waals surface area contributed by atoms with Crippen LogP contribution in [0.1, 0.15) is 63.8 Å². The molecule has 0 fully saturated rings. The highest BCUT2D eigenvalue weighted by atomic mass is 31.2. The van der Waals surface area contributed by atoms with Gasteiger partial charge in [0.2, 0.25) is 0 Å². The molecule has 8 nitrogen and oxygen atoms in total. The van der Waals surface area contributed by atoms with Crippen molar-refractivity contribution < 1.29 is 32.7 Å². The molecule has 0 unspecified atom stereocenters. The Morgan fingerprint density at radius 2 is 1.12 bits per heavy atom. The minimum Gasteiger partial charge on any atom is -0.459 e. The first-order valence-electron chi connectivity index (χ1n) is 14.0. The summed E-state index contributed by atoms with van der Waals surface area (Å²) in [5.41, 5.74) is 1.87. The molecule has 0 aliphatic heterocycles. The molecule has 3 aromatic carbocycles. The second-order valence-electron chi connectivity index (χ2n) is 12.0. The predicted molar refractivity (Wildman–Crippen MR) is 163 cm³/mol. The van der Waals surface area contributed by atoms with Crippen molar-refractivity contribution in [3.05, 3.63) is 107 Å². The maximum absolute atomic E-state index is 13.7. The first-order valence-corrected chi connectivity index (χ1v) is 15.7. The molecular formula is C33H42NO7P. The van der Waals surface area contributed by atoms with E-state index in [2.05, 4.69) is 5.32 Å². The highest BCUT2D eigenvalue weighted by molar-refractivity contribution is 7.53. The summed E-state index contributed by atoms with van der Waals surface area (Å²) in [7, 11) is -3.48. The molecular weight excluding hydrogens is 553 g/mol. The number of benzene rings is 3. The smallest absolute Gasteiger partial charge is 0.408 e. The molecule has 0 heterocycles. The van der Waals surface area contributed by atoms with Gasteiger partial charge in [0.15, 0.2) is 0 Å². The molecule has 0 bridgehead atoms. The maximum Gasteiger partial charge on any atom is 0.408 e. The van der Waals surface area contributed by atoms with Gasteiger partial charge in [-0.1, -0.05) is 84.9 Å². The fourth-order valence-corrected chi connectivity index (χ4v) is 6.58. The third-order valence-corrected chi connectivity index (χ3v) is 8.08. The van der Waals surface area contributed by atoms with E-state index in [9.17, 15) is 14.2 Å². The molecule has 226 valence electrons. The Morgan fingerprint density at radius 1 is 0.667 bits per heavy atom. The topological polar surface area (TPSA) is 100 Å². The van der Waals surface area contributed by atoms with Crippen molar-refractivity contribution in [3.8, 4) is 0 Å². The lowest BCUT2D eigenvalue weighted by Gasteiger charge is -2.32. The Kier molecular flexibility index (Phi) is 11.5. The van der Waals surface area contributed by atoms with Gasteiger partial charge in [-0.05, 0) is 63.8 Å². The van der Waals surface area contributed by atoms with Gasteiger partial charge in [-0.25, -0.2) is 9.59 Å². The first kappa shape index (κ1) is 33.1. The number of hydrogen-bond donors (Lipinski definition) is 1. The average Bonchev–Trinajstić information content (AvgIpc) is 2.90. The van der Waals surface area contributed by atoms with E-state index in [0.717, 1.165) is 22.3 Å². The highest BCUT2D eigenvalue weighted by Gasteiger charge is 2.35. The molecule has 3 aromatic rings. The third kappa shape index (κ3) is 12.2. The summed E-state index contributed by atoms with van der Waals surface area (Å²) in [4.78, 5) is 25.7. The molecule has 9 heteroatoms. The molecule has 1 atom stereocenters. The summed E-state index contributed by atoms with van der Waals surface area (Å²) < 4.78 is 36.4. The van der Waals surface area contributed by atoms with Crippen LogP contribution >= 0.6 is 7.60 Å². The van der Waals surface area contributed by atoms with Gasteiger partial charge in [0.25, 0.3) is 0 Å². The van der Waals surface area contributed by atoms with E-state index in [4.69, 9.17) is 18.5 Å². The number of alkyl carbamates (subject to hydrolysis) is 1. The Bertz CT molecular complexity index is 1310. The van der Waals surface area contributed by atoms with Crippen LogP contribution in [0.5, 0.6) is 0 Å². The lowest BCUT2D eigenvalue weighted by atomic mass is 10.0. The summed E-state index contributed by atoms with van der Waals surface area (Å²) in [5.74, 6) is -0.582. The molecule has 1 amide bonds. The van der Waals surface area contributed by atoms with Crippen LogP contribution in [-0.4, -0.2) is 29.3 Å². The van der Waals surface area contributed by atoms with Crippen molar-refractivity contribution in [1.29, 1.82) is 0 Å².